The highest BCUT2D eigenvalue weighted by atomic mass is 32.2. The Hall–Kier alpha value is -2.34. The van der Waals surface area contributed by atoms with Crippen LogP contribution in [0.25, 0.3) is 0 Å². The van der Waals surface area contributed by atoms with E-state index < -0.39 is 9.84 Å². The van der Waals surface area contributed by atoms with Gasteiger partial charge in [0.2, 0.25) is 0 Å². The lowest BCUT2D eigenvalue weighted by molar-refractivity contribution is 0.102. The maximum Gasteiger partial charge on any atom is 0.255 e. The van der Waals surface area contributed by atoms with Gasteiger partial charge in [0, 0.05) is 11.8 Å². The Bertz CT molecular complexity index is 737. The topological polar surface area (TPSA) is 89.3 Å². The summed E-state index contributed by atoms with van der Waals surface area (Å²) in [5, 5.41) is 2.67. The number of benzene rings is 2. The summed E-state index contributed by atoms with van der Waals surface area (Å²) in [5.74, 6) is -0.344. The molecule has 1 amide bonds. The predicted molar refractivity (Wildman–Crippen MR) is 78.4 cm³/mol. The Morgan fingerprint density at radius 3 is 2.20 bits per heavy atom. The zero-order valence-corrected chi connectivity index (χ0v) is 11.6. The van der Waals surface area contributed by atoms with Crippen LogP contribution in [0, 0.1) is 0 Å². The normalized spacial score (nSPS) is 11.1. The van der Waals surface area contributed by atoms with Gasteiger partial charge in [-0.05, 0) is 36.4 Å². The van der Waals surface area contributed by atoms with Crippen molar-refractivity contribution in [1.82, 2.24) is 0 Å². The largest absolute Gasteiger partial charge is 0.397 e. The number of anilines is 2. The van der Waals surface area contributed by atoms with Crippen molar-refractivity contribution >= 4 is 27.1 Å². The van der Waals surface area contributed by atoms with Gasteiger partial charge in [0.25, 0.3) is 5.91 Å². The highest BCUT2D eigenvalue weighted by Crippen LogP contribution is 2.18. The molecule has 20 heavy (non-hydrogen) atoms. The fraction of sp³-hybridized carbons (Fsp3) is 0.0714. The first-order chi connectivity index (χ1) is 9.38. The van der Waals surface area contributed by atoms with Crippen molar-refractivity contribution in [2.75, 3.05) is 17.3 Å². The summed E-state index contributed by atoms with van der Waals surface area (Å²) < 4.78 is 22.7. The fourth-order valence-corrected chi connectivity index (χ4v) is 2.29. The molecule has 0 saturated heterocycles. The van der Waals surface area contributed by atoms with Crippen LogP contribution in [0.4, 0.5) is 11.4 Å². The molecule has 0 unspecified atom stereocenters. The molecule has 0 heterocycles. The zero-order valence-electron chi connectivity index (χ0n) is 10.8. The molecule has 0 aliphatic rings. The molecule has 2 rings (SSSR count). The van der Waals surface area contributed by atoms with E-state index in [1.807, 2.05) is 0 Å². The maximum absolute atomic E-state index is 12.0. The molecule has 5 nitrogen and oxygen atoms in total. The van der Waals surface area contributed by atoms with Gasteiger partial charge in [-0.15, -0.1) is 0 Å². The van der Waals surface area contributed by atoms with Crippen LogP contribution in [-0.4, -0.2) is 20.6 Å². The number of carbonyl (C=O) groups is 1. The Morgan fingerprint density at radius 2 is 1.65 bits per heavy atom. The Labute approximate surface area is 117 Å². The second-order valence-corrected chi connectivity index (χ2v) is 6.35. The molecule has 6 heteroatoms. The molecule has 0 radical (unpaired) electrons. The predicted octanol–water partition coefficient (Wildman–Crippen LogP) is 1.92. The number of hydrogen-bond donors (Lipinski definition) is 2. The van der Waals surface area contributed by atoms with Crippen LogP contribution in [-0.2, 0) is 9.84 Å². The molecule has 0 aromatic heterocycles. The van der Waals surface area contributed by atoms with Gasteiger partial charge in [-0.3, -0.25) is 4.79 Å². The molecule has 2 aromatic rings. The SMILES string of the molecule is CS(=O)(=O)c1ccc(C(=O)Nc2ccccc2N)cc1. The van der Waals surface area contributed by atoms with Gasteiger partial charge >= 0.3 is 0 Å². The minimum absolute atomic E-state index is 0.174. The first-order valence-corrected chi connectivity index (χ1v) is 7.73. The Balaban J connectivity index is 2.20. The van der Waals surface area contributed by atoms with E-state index in [2.05, 4.69) is 5.32 Å². The van der Waals surface area contributed by atoms with E-state index in [-0.39, 0.29) is 10.8 Å². The first-order valence-electron chi connectivity index (χ1n) is 5.84. The average Bonchev–Trinajstić information content (AvgIpc) is 2.40. The van der Waals surface area contributed by atoms with E-state index in [4.69, 9.17) is 5.73 Å². The molecule has 0 aliphatic heterocycles. The number of nitrogens with two attached hydrogens (primary N) is 1. The van der Waals surface area contributed by atoms with E-state index in [1.54, 1.807) is 24.3 Å². The molecule has 0 aliphatic carbocycles. The summed E-state index contributed by atoms with van der Waals surface area (Å²) in [6.07, 6.45) is 1.12. The Kier molecular flexibility index (Phi) is 3.76. The number of nitrogens with one attached hydrogen (secondary N) is 1. The summed E-state index contributed by atoms with van der Waals surface area (Å²) in [4.78, 5) is 12.2. The van der Waals surface area contributed by atoms with Crippen molar-refractivity contribution < 1.29 is 13.2 Å². The molecule has 0 spiro atoms. The third-order valence-corrected chi connectivity index (χ3v) is 3.88. The number of para-hydroxylation sites is 2. The highest BCUT2D eigenvalue weighted by Gasteiger charge is 2.10. The van der Waals surface area contributed by atoms with Crippen LogP contribution in [0.2, 0.25) is 0 Å². The van der Waals surface area contributed by atoms with Crippen LogP contribution in [0.15, 0.2) is 53.4 Å². The van der Waals surface area contributed by atoms with E-state index in [0.717, 1.165) is 6.26 Å². The average molecular weight is 290 g/mol. The second-order valence-electron chi connectivity index (χ2n) is 4.34. The van der Waals surface area contributed by atoms with Gasteiger partial charge in [0.1, 0.15) is 0 Å². The molecular weight excluding hydrogens is 276 g/mol. The third-order valence-electron chi connectivity index (χ3n) is 2.75. The lowest BCUT2D eigenvalue weighted by Crippen LogP contribution is -2.13. The van der Waals surface area contributed by atoms with Crippen molar-refractivity contribution in [3.8, 4) is 0 Å². The van der Waals surface area contributed by atoms with Gasteiger partial charge in [-0.2, -0.15) is 0 Å². The summed E-state index contributed by atoms with van der Waals surface area (Å²) in [6, 6.07) is 12.6. The maximum atomic E-state index is 12.0. The fourth-order valence-electron chi connectivity index (χ4n) is 1.66. The van der Waals surface area contributed by atoms with E-state index >= 15 is 0 Å². The first kappa shape index (κ1) is 14.1. The zero-order chi connectivity index (χ0) is 14.8. The van der Waals surface area contributed by atoms with Gasteiger partial charge in [0.15, 0.2) is 9.84 Å². The van der Waals surface area contributed by atoms with Crippen LogP contribution >= 0.6 is 0 Å². The number of nitrogen functional groups attached to an aromatic ring is 1. The summed E-state index contributed by atoms with van der Waals surface area (Å²) in [5.41, 5.74) is 7.08. The van der Waals surface area contributed by atoms with Crippen molar-refractivity contribution in [3.05, 3.63) is 54.1 Å². The number of hydrogen-bond acceptors (Lipinski definition) is 4. The molecule has 0 saturated carbocycles. The van der Waals surface area contributed by atoms with E-state index in [1.165, 1.54) is 24.3 Å². The minimum Gasteiger partial charge on any atom is -0.397 e. The number of amides is 1. The molecule has 0 fully saturated rings. The lowest BCUT2D eigenvalue weighted by atomic mass is 10.2. The standard InChI is InChI=1S/C14H14N2O3S/c1-20(18,19)11-8-6-10(7-9-11)14(17)16-13-5-3-2-4-12(13)15/h2-9H,15H2,1H3,(H,16,17). The summed E-state index contributed by atoms with van der Waals surface area (Å²) in [6.45, 7) is 0. The van der Waals surface area contributed by atoms with Crippen molar-refractivity contribution in [2.24, 2.45) is 0 Å². The molecule has 104 valence electrons. The highest BCUT2D eigenvalue weighted by molar-refractivity contribution is 7.90. The van der Waals surface area contributed by atoms with E-state index in [0.29, 0.717) is 16.9 Å². The minimum atomic E-state index is -3.26. The summed E-state index contributed by atoms with van der Waals surface area (Å²) >= 11 is 0. The lowest BCUT2D eigenvalue weighted by Gasteiger charge is -2.08. The molecule has 2 aromatic carbocycles. The number of rotatable bonds is 3. The van der Waals surface area contributed by atoms with E-state index in [9.17, 15) is 13.2 Å². The van der Waals surface area contributed by atoms with Crippen LogP contribution < -0.4 is 11.1 Å². The van der Waals surface area contributed by atoms with Crippen LogP contribution in [0.3, 0.4) is 0 Å². The molecular formula is C14H14N2O3S. The quantitative estimate of drug-likeness (QED) is 0.845. The van der Waals surface area contributed by atoms with Crippen LogP contribution in [0.5, 0.6) is 0 Å². The van der Waals surface area contributed by atoms with Gasteiger partial charge in [0.05, 0.1) is 16.3 Å². The van der Waals surface area contributed by atoms with Gasteiger partial charge in [-0.1, -0.05) is 12.1 Å². The number of sulfone groups is 1. The van der Waals surface area contributed by atoms with Gasteiger partial charge < -0.3 is 11.1 Å². The molecule has 3 N–H and O–H groups in total. The Morgan fingerprint density at radius 1 is 1.05 bits per heavy atom. The smallest absolute Gasteiger partial charge is 0.255 e. The van der Waals surface area contributed by atoms with Crippen molar-refractivity contribution in [2.45, 2.75) is 4.90 Å². The third kappa shape index (κ3) is 3.16. The monoisotopic (exact) mass is 290 g/mol. The number of carbonyl (C=O) groups excluding carboxylic acids is 1. The van der Waals surface area contributed by atoms with Crippen molar-refractivity contribution in [1.29, 1.82) is 0 Å². The second kappa shape index (κ2) is 5.34. The molecule has 0 bridgehead atoms. The summed E-state index contributed by atoms with van der Waals surface area (Å²) in [7, 11) is -3.26. The van der Waals surface area contributed by atoms with Crippen LogP contribution in [0.1, 0.15) is 10.4 Å². The van der Waals surface area contributed by atoms with Crippen molar-refractivity contribution in [3.63, 3.8) is 0 Å². The molecule has 0 atom stereocenters. The van der Waals surface area contributed by atoms with Gasteiger partial charge in [-0.25, -0.2) is 8.42 Å².